The first-order valence-corrected chi connectivity index (χ1v) is 11.1. The Kier molecular flexibility index (Phi) is 6.38. The van der Waals surface area contributed by atoms with Crippen molar-refractivity contribution in [1.82, 2.24) is 4.72 Å². The second-order valence-electron chi connectivity index (χ2n) is 7.08. The van der Waals surface area contributed by atoms with Gasteiger partial charge in [0.1, 0.15) is 17.4 Å². The van der Waals surface area contributed by atoms with Crippen LogP contribution >= 0.6 is 0 Å². The number of hydrogen-bond acceptors (Lipinski definition) is 6. The standard InChI is InChI=1S/C22H23NO6S/c1-4-5-16-12-21(24)29-20-13-17(8-11-19(16)20)28-22(25)15(3)23-30(26,27)18-9-6-14(2)7-10-18/h6-13,15,23H,4-5H2,1-3H3. The number of sulfonamides is 1. The monoisotopic (exact) mass is 429 g/mol. The second-order valence-corrected chi connectivity index (χ2v) is 8.79. The Hall–Kier alpha value is -2.97. The van der Waals surface area contributed by atoms with Gasteiger partial charge >= 0.3 is 11.6 Å². The van der Waals surface area contributed by atoms with Crippen molar-refractivity contribution >= 4 is 27.0 Å². The summed E-state index contributed by atoms with van der Waals surface area (Å²) in [4.78, 5) is 24.2. The van der Waals surface area contributed by atoms with Crippen molar-refractivity contribution in [2.45, 2.75) is 44.6 Å². The summed E-state index contributed by atoms with van der Waals surface area (Å²) in [5.41, 5.74) is 1.62. The Morgan fingerprint density at radius 2 is 1.83 bits per heavy atom. The maximum absolute atomic E-state index is 12.5. The van der Waals surface area contributed by atoms with E-state index in [4.69, 9.17) is 9.15 Å². The maximum atomic E-state index is 12.5. The summed E-state index contributed by atoms with van der Waals surface area (Å²) in [7, 11) is -3.88. The number of benzene rings is 2. The van der Waals surface area contributed by atoms with E-state index >= 15 is 0 Å². The lowest BCUT2D eigenvalue weighted by Gasteiger charge is -2.14. The van der Waals surface area contributed by atoms with Crippen LogP contribution < -0.4 is 15.1 Å². The molecule has 1 unspecified atom stereocenters. The van der Waals surface area contributed by atoms with Gasteiger partial charge in [-0.2, -0.15) is 4.72 Å². The summed E-state index contributed by atoms with van der Waals surface area (Å²) in [6.07, 6.45) is 1.59. The van der Waals surface area contributed by atoms with E-state index in [1.54, 1.807) is 24.3 Å². The SMILES string of the molecule is CCCc1cc(=O)oc2cc(OC(=O)C(C)NS(=O)(=O)c3ccc(C)cc3)ccc12. The van der Waals surface area contributed by atoms with Crippen molar-refractivity contribution in [3.8, 4) is 5.75 Å². The van der Waals surface area contributed by atoms with E-state index in [1.165, 1.54) is 31.2 Å². The number of esters is 1. The molecule has 0 amide bonds. The van der Waals surface area contributed by atoms with Crippen molar-refractivity contribution in [3.63, 3.8) is 0 Å². The summed E-state index contributed by atoms with van der Waals surface area (Å²) >= 11 is 0. The van der Waals surface area contributed by atoms with E-state index in [0.29, 0.717) is 5.58 Å². The molecule has 0 aliphatic carbocycles. The van der Waals surface area contributed by atoms with Crippen LogP contribution in [0.15, 0.2) is 62.6 Å². The fourth-order valence-electron chi connectivity index (χ4n) is 3.02. The van der Waals surface area contributed by atoms with E-state index in [0.717, 1.165) is 29.4 Å². The number of nitrogens with one attached hydrogen (secondary N) is 1. The average Bonchev–Trinajstić information content (AvgIpc) is 2.67. The number of carbonyl (C=O) groups is 1. The molecule has 0 radical (unpaired) electrons. The largest absolute Gasteiger partial charge is 0.425 e. The molecule has 30 heavy (non-hydrogen) atoms. The van der Waals surface area contributed by atoms with Crippen LogP contribution in [0.25, 0.3) is 11.0 Å². The molecule has 0 saturated heterocycles. The highest BCUT2D eigenvalue weighted by Gasteiger charge is 2.23. The van der Waals surface area contributed by atoms with E-state index in [2.05, 4.69) is 4.72 Å². The zero-order valence-corrected chi connectivity index (χ0v) is 17.8. The van der Waals surface area contributed by atoms with Crippen molar-refractivity contribution in [3.05, 3.63) is 70.1 Å². The van der Waals surface area contributed by atoms with E-state index < -0.39 is 27.7 Å². The molecule has 0 spiro atoms. The third-order valence-electron chi connectivity index (χ3n) is 4.56. The van der Waals surface area contributed by atoms with Crippen LogP contribution in [-0.2, 0) is 21.2 Å². The van der Waals surface area contributed by atoms with E-state index in [-0.39, 0.29) is 10.6 Å². The fraction of sp³-hybridized carbons (Fsp3) is 0.273. The van der Waals surface area contributed by atoms with Crippen LogP contribution in [0.5, 0.6) is 5.75 Å². The van der Waals surface area contributed by atoms with Crippen LogP contribution in [0.3, 0.4) is 0 Å². The molecule has 3 rings (SSSR count). The molecule has 0 aliphatic heterocycles. The average molecular weight is 429 g/mol. The lowest BCUT2D eigenvalue weighted by Crippen LogP contribution is -2.40. The molecule has 3 aromatic rings. The van der Waals surface area contributed by atoms with Crippen LogP contribution in [0.1, 0.15) is 31.4 Å². The van der Waals surface area contributed by atoms with Crippen LogP contribution in [0.2, 0.25) is 0 Å². The first kappa shape index (κ1) is 21.7. The van der Waals surface area contributed by atoms with Gasteiger partial charge in [-0.15, -0.1) is 0 Å². The number of aryl methyl sites for hydroxylation is 2. The van der Waals surface area contributed by atoms with Crippen molar-refractivity contribution < 1.29 is 22.4 Å². The lowest BCUT2D eigenvalue weighted by atomic mass is 10.1. The van der Waals surface area contributed by atoms with Crippen molar-refractivity contribution in [2.24, 2.45) is 0 Å². The van der Waals surface area contributed by atoms with E-state index in [1.807, 2.05) is 13.8 Å². The Morgan fingerprint density at radius 3 is 2.50 bits per heavy atom. The van der Waals surface area contributed by atoms with E-state index in [9.17, 15) is 18.0 Å². The second kappa shape index (κ2) is 8.81. The Bertz CT molecular complexity index is 1230. The summed E-state index contributed by atoms with van der Waals surface area (Å²) in [5, 5.41) is 0.768. The molecule has 0 bridgehead atoms. The Balaban J connectivity index is 1.77. The molecule has 7 nitrogen and oxygen atoms in total. The molecule has 0 aliphatic rings. The van der Waals surface area contributed by atoms with Gasteiger partial charge in [-0.3, -0.25) is 0 Å². The fourth-order valence-corrected chi connectivity index (χ4v) is 4.21. The van der Waals surface area contributed by atoms with Crippen LogP contribution in [0, 0.1) is 6.92 Å². The molecule has 1 N–H and O–H groups in total. The number of ether oxygens (including phenoxy) is 1. The van der Waals surface area contributed by atoms with Gasteiger partial charge in [0.25, 0.3) is 0 Å². The van der Waals surface area contributed by atoms with Gasteiger partial charge in [0, 0.05) is 17.5 Å². The Morgan fingerprint density at radius 1 is 1.13 bits per heavy atom. The van der Waals surface area contributed by atoms with Crippen molar-refractivity contribution in [2.75, 3.05) is 0 Å². The lowest BCUT2D eigenvalue weighted by molar-refractivity contribution is -0.135. The number of rotatable bonds is 7. The summed E-state index contributed by atoms with van der Waals surface area (Å²) in [6.45, 7) is 5.25. The molecule has 1 heterocycles. The molecule has 158 valence electrons. The summed E-state index contributed by atoms with van der Waals surface area (Å²) < 4.78 is 37.7. The number of hydrogen-bond donors (Lipinski definition) is 1. The van der Waals surface area contributed by atoms with Gasteiger partial charge in [-0.1, -0.05) is 31.0 Å². The highest BCUT2D eigenvalue weighted by atomic mass is 32.2. The number of fused-ring (bicyclic) bond motifs is 1. The number of carbonyl (C=O) groups excluding carboxylic acids is 1. The minimum Gasteiger partial charge on any atom is -0.425 e. The summed E-state index contributed by atoms with van der Waals surface area (Å²) in [5.74, 6) is -0.622. The topological polar surface area (TPSA) is 103 Å². The van der Waals surface area contributed by atoms with Crippen LogP contribution in [0.4, 0.5) is 0 Å². The minimum absolute atomic E-state index is 0.0590. The van der Waals surface area contributed by atoms with Gasteiger partial charge < -0.3 is 9.15 Å². The highest BCUT2D eigenvalue weighted by Crippen LogP contribution is 2.24. The molecule has 2 aromatic carbocycles. The molecular weight excluding hydrogens is 406 g/mol. The van der Waals surface area contributed by atoms with Gasteiger partial charge in [0.2, 0.25) is 10.0 Å². The van der Waals surface area contributed by atoms with Gasteiger partial charge in [0.05, 0.1) is 4.90 Å². The van der Waals surface area contributed by atoms with Gasteiger partial charge in [-0.05, 0) is 50.1 Å². The molecule has 8 heteroatoms. The molecule has 1 atom stereocenters. The first-order chi connectivity index (χ1) is 14.2. The maximum Gasteiger partial charge on any atom is 0.336 e. The third-order valence-corrected chi connectivity index (χ3v) is 6.11. The zero-order chi connectivity index (χ0) is 21.9. The van der Waals surface area contributed by atoms with Crippen molar-refractivity contribution in [1.29, 1.82) is 0 Å². The molecule has 1 aromatic heterocycles. The van der Waals surface area contributed by atoms with Crippen LogP contribution in [-0.4, -0.2) is 20.4 Å². The quantitative estimate of drug-likeness (QED) is 0.351. The molecular formula is C22H23NO6S. The predicted octanol–water partition coefficient (Wildman–Crippen LogP) is 3.33. The third kappa shape index (κ3) is 4.95. The zero-order valence-electron chi connectivity index (χ0n) is 17.0. The Labute approximate surface area is 174 Å². The molecule has 0 saturated carbocycles. The normalized spacial score (nSPS) is 12.6. The van der Waals surface area contributed by atoms with Gasteiger partial charge in [-0.25, -0.2) is 18.0 Å². The highest BCUT2D eigenvalue weighted by molar-refractivity contribution is 7.89. The first-order valence-electron chi connectivity index (χ1n) is 9.57. The van der Waals surface area contributed by atoms with Gasteiger partial charge in [0.15, 0.2) is 0 Å². The smallest absolute Gasteiger partial charge is 0.336 e. The predicted molar refractivity (Wildman–Crippen MR) is 113 cm³/mol. The molecule has 0 fully saturated rings. The summed E-state index contributed by atoms with van der Waals surface area (Å²) in [6, 6.07) is 11.4. The minimum atomic E-state index is -3.88.